The third-order valence-electron chi connectivity index (χ3n) is 6.87. The van der Waals surface area contributed by atoms with Gasteiger partial charge in [-0.25, -0.2) is 0 Å². The minimum Gasteiger partial charge on any atom is -0.506 e. The van der Waals surface area contributed by atoms with Crippen molar-refractivity contribution < 1.29 is 9.90 Å². The molecule has 1 aliphatic heterocycles. The van der Waals surface area contributed by atoms with Gasteiger partial charge in [0, 0.05) is 30.6 Å². The van der Waals surface area contributed by atoms with Gasteiger partial charge >= 0.3 is 0 Å². The van der Waals surface area contributed by atoms with Gasteiger partial charge in [0.2, 0.25) is 5.91 Å². The predicted octanol–water partition coefficient (Wildman–Crippen LogP) is 4.72. The van der Waals surface area contributed by atoms with E-state index in [1.54, 1.807) is 0 Å². The molecule has 0 saturated heterocycles. The highest BCUT2D eigenvalue weighted by Crippen LogP contribution is 2.45. The van der Waals surface area contributed by atoms with Crippen molar-refractivity contribution in [1.29, 1.82) is 0 Å². The minimum atomic E-state index is 0.125. The number of phenols is 1. The topological polar surface area (TPSA) is 52.6 Å². The molecular weight excluding hydrogens is 384 g/mol. The van der Waals surface area contributed by atoms with Crippen LogP contribution in [-0.2, 0) is 17.6 Å². The average molecular weight is 411 g/mol. The van der Waals surface area contributed by atoms with Crippen molar-refractivity contribution in [3.05, 3.63) is 57.6 Å². The highest BCUT2D eigenvalue weighted by atomic mass is 35.5. The number of likely N-dealkylation sites (N-methyl/N-ethyl adjacent to an activating group) is 1. The van der Waals surface area contributed by atoms with Gasteiger partial charge in [0.05, 0.1) is 5.02 Å². The van der Waals surface area contributed by atoms with E-state index in [1.807, 2.05) is 18.2 Å². The van der Waals surface area contributed by atoms with Crippen molar-refractivity contribution in [2.75, 3.05) is 18.9 Å². The van der Waals surface area contributed by atoms with Crippen molar-refractivity contribution in [3.63, 3.8) is 0 Å². The first-order chi connectivity index (χ1) is 14.0. The van der Waals surface area contributed by atoms with Crippen LogP contribution in [0.15, 0.2) is 30.3 Å². The highest BCUT2D eigenvalue weighted by Gasteiger charge is 2.37. The number of hydrogen-bond acceptors (Lipinski definition) is 3. The van der Waals surface area contributed by atoms with Crippen molar-refractivity contribution in [2.24, 2.45) is 5.92 Å². The second-order valence-corrected chi connectivity index (χ2v) is 9.33. The van der Waals surface area contributed by atoms with Crippen LogP contribution >= 0.6 is 11.6 Å². The monoisotopic (exact) mass is 410 g/mol. The fraction of sp³-hybridized carbons (Fsp3) is 0.458. The maximum absolute atomic E-state index is 12.2. The zero-order valence-corrected chi connectivity index (χ0v) is 17.5. The van der Waals surface area contributed by atoms with E-state index in [4.69, 9.17) is 11.6 Å². The van der Waals surface area contributed by atoms with Gasteiger partial charge in [0.1, 0.15) is 5.75 Å². The number of carbonyl (C=O) groups excluding carboxylic acids is 1. The van der Waals surface area contributed by atoms with Gasteiger partial charge in [-0.3, -0.25) is 4.79 Å². The molecule has 2 aromatic carbocycles. The summed E-state index contributed by atoms with van der Waals surface area (Å²) in [7, 11) is 2.20. The molecule has 2 aliphatic carbocycles. The third kappa shape index (κ3) is 3.64. The molecular formula is C24H27ClN2O2. The summed E-state index contributed by atoms with van der Waals surface area (Å²) in [5.41, 5.74) is 5.91. The number of aryl methyl sites for hydroxylation is 1. The lowest BCUT2D eigenvalue weighted by molar-refractivity contribution is -0.116. The van der Waals surface area contributed by atoms with Crippen LogP contribution in [0.25, 0.3) is 0 Å². The zero-order valence-electron chi connectivity index (χ0n) is 16.7. The number of carbonyl (C=O) groups is 1. The lowest BCUT2D eigenvalue weighted by atomic mass is 9.74. The molecule has 2 aromatic rings. The molecule has 3 aliphatic rings. The maximum Gasteiger partial charge on any atom is 0.224 e. The van der Waals surface area contributed by atoms with Crippen LogP contribution in [0.3, 0.4) is 0 Å². The molecule has 0 unspecified atom stereocenters. The Hall–Kier alpha value is -2.04. The Morgan fingerprint density at radius 2 is 1.93 bits per heavy atom. The lowest BCUT2D eigenvalue weighted by Crippen LogP contribution is -2.39. The highest BCUT2D eigenvalue weighted by molar-refractivity contribution is 6.32. The number of fused-ring (bicyclic) bond motifs is 5. The molecule has 0 radical (unpaired) electrons. The predicted molar refractivity (Wildman–Crippen MR) is 116 cm³/mol. The Labute approximate surface area is 176 Å². The van der Waals surface area contributed by atoms with Crippen LogP contribution in [0, 0.1) is 5.92 Å². The molecule has 0 aromatic heterocycles. The summed E-state index contributed by atoms with van der Waals surface area (Å²) in [5.74, 6) is 1.08. The Morgan fingerprint density at radius 3 is 2.72 bits per heavy atom. The number of nitrogens with one attached hydrogen (secondary N) is 1. The zero-order chi connectivity index (χ0) is 20.1. The van der Waals surface area contributed by atoms with Gasteiger partial charge in [-0.2, -0.15) is 0 Å². The first kappa shape index (κ1) is 19.0. The fourth-order valence-electron chi connectivity index (χ4n) is 5.11. The van der Waals surface area contributed by atoms with Gasteiger partial charge in [0.15, 0.2) is 0 Å². The number of benzene rings is 2. The molecule has 2 atom stereocenters. The average Bonchev–Trinajstić information content (AvgIpc) is 3.51. The second kappa shape index (κ2) is 7.33. The summed E-state index contributed by atoms with van der Waals surface area (Å²) in [4.78, 5) is 14.7. The summed E-state index contributed by atoms with van der Waals surface area (Å²) in [6.45, 7) is 0.986. The SMILES string of the molecule is CN1CCc2cc(Cl)c(O)cc2[C@H]2c3ccc(NC(=O)CC4CC4)cc3CC[C@@H]21. The summed E-state index contributed by atoms with van der Waals surface area (Å²) in [5, 5.41) is 13.8. The van der Waals surface area contributed by atoms with E-state index in [0.29, 0.717) is 23.4 Å². The number of hydrogen-bond donors (Lipinski definition) is 2. The van der Waals surface area contributed by atoms with E-state index in [0.717, 1.165) is 31.5 Å². The van der Waals surface area contributed by atoms with E-state index < -0.39 is 0 Å². The van der Waals surface area contributed by atoms with Crippen LogP contribution in [-0.4, -0.2) is 35.5 Å². The van der Waals surface area contributed by atoms with Gasteiger partial charge in [-0.05, 0) is 91.6 Å². The number of halogens is 1. The van der Waals surface area contributed by atoms with Crippen LogP contribution < -0.4 is 5.32 Å². The first-order valence-electron chi connectivity index (χ1n) is 10.6. The van der Waals surface area contributed by atoms with Gasteiger partial charge in [0.25, 0.3) is 0 Å². The standard InChI is InChI=1S/C24H27ClN2O2/c1-27-9-8-16-12-20(25)22(28)13-19(16)24-18-6-5-17(11-15(18)4-7-21(24)27)26-23(29)10-14-2-3-14/h5-6,11-14,21,24,28H,2-4,7-10H2,1H3,(H,26,29)/t21-,24+/m0/s1. The van der Waals surface area contributed by atoms with E-state index in [9.17, 15) is 9.90 Å². The maximum atomic E-state index is 12.2. The van der Waals surface area contributed by atoms with E-state index in [-0.39, 0.29) is 17.6 Å². The Morgan fingerprint density at radius 1 is 1.14 bits per heavy atom. The first-order valence-corrected chi connectivity index (χ1v) is 11.0. The molecule has 5 heteroatoms. The molecule has 5 rings (SSSR count). The molecule has 0 spiro atoms. The summed E-state index contributed by atoms with van der Waals surface area (Å²) < 4.78 is 0. The van der Waals surface area contributed by atoms with Crippen molar-refractivity contribution in [3.8, 4) is 5.75 Å². The molecule has 1 amide bonds. The third-order valence-corrected chi connectivity index (χ3v) is 7.17. The quantitative estimate of drug-likeness (QED) is 0.769. The number of anilines is 1. The Bertz CT molecular complexity index is 970. The normalized spacial score (nSPS) is 23.5. The van der Waals surface area contributed by atoms with Crippen LogP contribution in [0.2, 0.25) is 5.02 Å². The summed E-state index contributed by atoms with van der Waals surface area (Å²) in [6.07, 6.45) is 6.01. The molecule has 4 nitrogen and oxygen atoms in total. The van der Waals surface area contributed by atoms with E-state index >= 15 is 0 Å². The fourth-order valence-corrected chi connectivity index (χ4v) is 5.30. The van der Waals surface area contributed by atoms with Crippen LogP contribution in [0.4, 0.5) is 5.69 Å². The number of nitrogens with zero attached hydrogens (tertiary/aromatic N) is 1. The van der Waals surface area contributed by atoms with Crippen molar-refractivity contribution in [2.45, 2.75) is 50.5 Å². The smallest absolute Gasteiger partial charge is 0.224 e. The summed E-state index contributed by atoms with van der Waals surface area (Å²) >= 11 is 6.22. The molecule has 1 heterocycles. The molecule has 0 bridgehead atoms. The number of phenolic OH excluding ortho intramolecular Hbond substituents is 1. The van der Waals surface area contributed by atoms with Gasteiger partial charge in [-0.1, -0.05) is 17.7 Å². The lowest BCUT2D eigenvalue weighted by Gasteiger charge is -2.38. The number of amides is 1. The molecule has 2 N–H and O–H groups in total. The van der Waals surface area contributed by atoms with Crippen molar-refractivity contribution in [1.82, 2.24) is 4.90 Å². The van der Waals surface area contributed by atoms with Crippen LogP contribution in [0.5, 0.6) is 5.75 Å². The molecule has 1 fully saturated rings. The molecule has 29 heavy (non-hydrogen) atoms. The van der Waals surface area contributed by atoms with Gasteiger partial charge < -0.3 is 15.3 Å². The molecule has 1 saturated carbocycles. The minimum absolute atomic E-state index is 0.125. The molecule has 152 valence electrons. The number of aromatic hydroxyl groups is 1. The van der Waals surface area contributed by atoms with E-state index in [2.05, 4.69) is 29.4 Å². The van der Waals surface area contributed by atoms with E-state index in [1.165, 1.54) is 35.1 Å². The Kier molecular flexibility index (Phi) is 4.79. The van der Waals surface area contributed by atoms with Crippen molar-refractivity contribution >= 4 is 23.2 Å². The Balaban J connectivity index is 1.51. The number of rotatable bonds is 3. The second-order valence-electron chi connectivity index (χ2n) is 8.93. The summed E-state index contributed by atoms with van der Waals surface area (Å²) in [6, 6.07) is 10.6. The van der Waals surface area contributed by atoms with Gasteiger partial charge in [-0.15, -0.1) is 0 Å². The largest absolute Gasteiger partial charge is 0.506 e. The van der Waals surface area contributed by atoms with Crippen LogP contribution in [0.1, 0.15) is 53.9 Å².